The number of nitrogens with two attached hydrogens (primary N) is 1. The molecule has 2 rings (SSSR count). The van der Waals surface area contributed by atoms with Crippen molar-refractivity contribution in [3.8, 4) is 0 Å². The molecule has 1 aromatic carbocycles. The molecule has 84 valence electrons. The van der Waals surface area contributed by atoms with E-state index in [-0.39, 0.29) is 17.7 Å². The van der Waals surface area contributed by atoms with Crippen molar-refractivity contribution in [1.29, 1.82) is 0 Å². The summed E-state index contributed by atoms with van der Waals surface area (Å²) in [5, 5.41) is 3.38. The summed E-state index contributed by atoms with van der Waals surface area (Å²) in [4.78, 5) is 15.6. The Bertz CT molecular complexity index is 454. The lowest BCUT2D eigenvalue weighted by Gasteiger charge is -2.10. The van der Waals surface area contributed by atoms with Crippen molar-refractivity contribution in [3.63, 3.8) is 0 Å². The number of nitrogens with zero attached hydrogens (tertiary/aromatic N) is 1. The highest BCUT2D eigenvalue weighted by atomic mass is 19.1. The zero-order valence-corrected chi connectivity index (χ0v) is 8.11. The predicted molar refractivity (Wildman–Crippen MR) is 51.4 cm³/mol. The molecular weight excluding hydrogens is 218 g/mol. The number of primary amides is 1. The van der Waals surface area contributed by atoms with Gasteiger partial charge in [-0.25, -0.2) is 8.78 Å². The minimum atomic E-state index is -0.927. The number of hydrogen-bond donors (Lipinski definition) is 1. The predicted octanol–water partition coefficient (Wildman–Crippen LogP) is 1.27. The standard InChI is InChI=1S/C10H8F2N2O2/c11-5-2-1-3-6(12)9(5)8-4-7(10(13)15)14-16-8/h1-3,8H,4H2,(H2,13,15). The second kappa shape index (κ2) is 3.88. The van der Waals surface area contributed by atoms with Gasteiger partial charge in [0.25, 0.3) is 5.91 Å². The minimum absolute atomic E-state index is 0.0206. The topological polar surface area (TPSA) is 64.7 Å². The van der Waals surface area contributed by atoms with Crippen LogP contribution in [0.2, 0.25) is 0 Å². The van der Waals surface area contributed by atoms with E-state index in [1.54, 1.807) is 0 Å². The van der Waals surface area contributed by atoms with E-state index < -0.39 is 23.6 Å². The maximum absolute atomic E-state index is 13.3. The lowest BCUT2D eigenvalue weighted by atomic mass is 10.0. The number of carbonyl (C=O) groups is 1. The molecule has 0 saturated heterocycles. The second-order valence-electron chi connectivity index (χ2n) is 3.34. The highest BCUT2D eigenvalue weighted by Gasteiger charge is 2.30. The first-order chi connectivity index (χ1) is 7.59. The third-order valence-corrected chi connectivity index (χ3v) is 2.27. The van der Waals surface area contributed by atoms with Gasteiger partial charge in [0.1, 0.15) is 17.3 Å². The smallest absolute Gasteiger partial charge is 0.266 e. The van der Waals surface area contributed by atoms with E-state index >= 15 is 0 Å². The average molecular weight is 226 g/mol. The molecule has 1 unspecified atom stereocenters. The van der Waals surface area contributed by atoms with E-state index in [2.05, 4.69) is 5.16 Å². The molecule has 1 aliphatic rings. The number of amides is 1. The zero-order chi connectivity index (χ0) is 11.7. The van der Waals surface area contributed by atoms with Crippen molar-refractivity contribution in [2.75, 3.05) is 0 Å². The Morgan fingerprint density at radius 2 is 2.06 bits per heavy atom. The molecule has 0 bridgehead atoms. The van der Waals surface area contributed by atoms with E-state index in [1.807, 2.05) is 0 Å². The van der Waals surface area contributed by atoms with Crippen molar-refractivity contribution in [3.05, 3.63) is 35.4 Å². The van der Waals surface area contributed by atoms with Crippen LogP contribution in [-0.2, 0) is 9.63 Å². The van der Waals surface area contributed by atoms with Crippen molar-refractivity contribution >= 4 is 11.6 Å². The van der Waals surface area contributed by atoms with Gasteiger partial charge in [-0.3, -0.25) is 4.79 Å². The van der Waals surface area contributed by atoms with E-state index in [1.165, 1.54) is 6.07 Å². The van der Waals surface area contributed by atoms with E-state index in [0.29, 0.717) is 0 Å². The van der Waals surface area contributed by atoms with Crippen molar-refractivity contribution in [2.24, 2.45) is 10.9 Å². The zero-order valence-electron chi connectivity index (χ0n) is 8.11. The number of benzene rings is 1. The van der Waals surface area contributed by atoms with Gasteiger partial charge in [-0.15, -0.1) is 0 Å². The van der Waals surface area contributed by atoms with Gasteiger partial charge in [0.2, 0.25) is 0 Å². The average Bonchev–Trinajstić information content (AvgIpc) is 2.66. The largest absolute Gasteiger partial charge is 0.387 e. The van der Waals surface area contributed by atoms with Gasteiger partial charge in [0.15, 0.2) is 6.10 Å². The van der Waals surface area contributed by atoms with Gasteiger partial charge >= 0.3 is 0 Å². The second-order valence-corrected chi connectivity index (χ2v) is 3.34. The summed E-state index contributed by atoms with van der Waals surface area (Å²) in [6.07, 6.45) is -0.948. The quantitative estimate of drug-likeness (QED) is 0.825. The van der Waals surface area contributed by atoms with Crippen molar-refractivity contribution in [1.82, 2.24) is 0 Å². The molecule has 1 heterocycles. The monoisotopic (exact) mass is 226 g/mol. The first-order valence-electron chi connectivity index (χ1n) is 4.56. The Hall–Kier alpha value is -1.98. The SMILES string of the molecule is NC(=O)C1=NOC(c2c(F)cccc2F)C1. The first kappa shape index (κ1) is 10.5. The molecule has 16 heavy (non-hydrogen) atoms. The van der Waals surface area contributed by atoms with Crippen LogP contribution in [0.15, 0.2) is 23.4 Å². The van der Waals surface area contributed by atoms with E-state index in [4.69, 9.17) is 10.6 Å². The lowest BCUT2D eigenvalue weighted by molar-refractivity contribution is -0.112. The number of oxime groups is 1. The van der Waals surface area contributed by atoms with Gasteiger partial charge in [-0.1, -0.05) is 11.2 Å². The van der Waals surface area contributed by atoms with Gasteiger partial charge in [0, 0.05) is 6.42 Å². The summed E-state index contributed by atoms with van der Waals surface area (Å²) in [5.74, 6) is -2.21. The van der Waals surface area contributed by atoms with Crippen LogP contribution in [0.3, 0.4) is 0 Å². The molecule has 0 aliphatic carbocycles. The van der Waals surface area contributed by atoms with Crippen LogP contribution >= 0.6 is 0 Å². The van der Waals surface area contributed by atoms with Gasteiger partial charge in [0.05, 0.1) is 5.56 Å². The summed E-state index contributed by atoms with van der Waals surface area (Å²) >= 11 is 0. The molecule has 1 aromatic rings. The Kier molecular flexibility index (Phi) is 2.55. The van der Waals surface area contributed by atoms with Gasteiger partial charge in [-0.05, 0) is 12.1 Å². The molecule has 0 radical (unpaired) electrons. The third-order valence-electron chi connectivity index (χ3n) is 2.27. The Morgan fingerprint density at radius 1 is 1.44 bits per heavy atom. The molecule has 0 fully saturated rings. The molecule has 1 aliphatic heterocycles. The number of hydrogen-bond acceptors (Lipinski definition) is 3. The van der Waals surface area contributed by atoms with Crippen molar-refractivity contribution in [2.45, 2.75) is 12.5 Å². The third kappa shape index (κ3) is 1.73. The fourth-order valence-corrected chi connectivity index (χ4v) is 1.50. The van der Waals surface area contributed by atoms with E-state index in [0.717, 1.165) is 12.1 Å². The number of rotatable bonds is 2. The minimum Gasteiger partial charge on any atom is -0.387 e. The van der Waals surface area contributed by atoms with Crippen LogP contribution in [0, 0.1) is 11.6 Å². The Labute approximate surface area is 89.7 Å². The fourth-order valence-electron chi connectivity index (χ4n) is 1.50. The molecule has 0 saturated carbocycles. The number of halogens is 2. The molecule has 6 heteroatoms. The summed E-state index contributed by atoms with van der Waals surface area (Å²) in [7, 11) is 0. The fraction of sp³-hybridized carbons (Fsp3) is 0.200. The maximum Gasteiger partial charge on any atom is 0.266 e. The summed E-state index contributed by atoms with van der Waals surface area (Å²) in [6, 6.07) is 3.48. The number of carbonyl (C=O) groups excluding carboxylic acids is 1. The van der Waals surface area contributed by atoms with Crippen LogP contribution < -0.4 is 5.73 Å². The Morgan fingerprint density at radius 3 is 2.56 bits per heavy atom. The first-order valence-corrected chi connectivity index (χ1v) is 4.56. The summed E-state index contributed by atoms with van der Waals surface area (Å²) in [5.41, 5.74) is 4.72. The van der Waals surface area contributed by atoms with E-state index in [9.17, 15) is 13.6 Å². The normalized spacial score (nSPS) is 19.1. The molecule has 1 atom stereocenters. The highest BCUT2D eigenvalue weighted by molar-refractivity contribution is 6.38. The van der Waals surface area contributed by atoms with Crippen LogP contribution in [0.1, 0.15) is 18.1 Å². The lowest BCUT2D eigenvalue weighted by Crippen LogP contribution is -2.22. The van der Waals surface area contributed by atoms with Crippen LogP contribution in [0.4, 0.5) is 8.78 Å². The molecule has 0 aromatic heterocycles. The highest BCUT2D eigenvalue weighted by Crippen LogP contribution is 2.30. The summed E-state index contributed by atoms with van der Waals surface area (Å²) in [6.45, 7) is 0. The van der Waals surface area contributed by atoms with Crippen LogP contribution in [0.25, 0.3) is 0 Å². The van der Waals surface area contributed by atoms with Gasteiger partial charge in [-0.2, -0.15) is 0 Å². The Balaban J connectivity index is 2.26. The molecule has 2 N–H and O–H groups in total. The van der Waals surface area contributed by atoms with Gasteiger partial charge < -0.3 is 10.6 Å². The maximum atomic E-state index is 13.3. The molecule has 1 amide bonds. The van der Waals surface area contributed by atoms with Crippen LogP contribution in [-0.4, -0.2) is 11.6 Å². The molecule has 0 spiro atoms. The van der Waals surface area contributed by atoms with Crippen molar-refractivity contribution < 1.29 is 18.4 Å². The molecule has 4 nitrogen and oxygen atoms in total. The summed E-state index contributed by atoms with van der Waals surface area (Å²) < 4.78 is 26.7. The molecular formula is C10H8F2N2O2. The van der Waals surface area contributed by atoms with Crippen LogP contribution in [0.5, 0.6) is 0 Å².